The van der Waals surface area contributed by atoms with Gasteiger partial charge in [-0.2, -0.15) is 4.98 Å². The summed E-state index contributed by atoms with van der Waals surface area (Å²) in [5.41, 5.74) is 1.17. The number of nitrogens with zero attached hydrogens (tertiary/aromatic N) is 2. The molecule has 2 aromatic carbocycles. The number of amides is 1. The maximum atomic E-state index is 12.4. The Balaban J connectivity index is 1.69. The molecule has 3 rings (SSSR count). The number of nitrogens with one attached hydrogen (secondary N) is 2. The van der Waals surface area contributed by atoms with Crippen molar-refractivity contribution in [2.24, 2.45) is 0 Å². The molecule has 0 spiro atoms. The molecule has 1 atom stereocenters. The molecule has 0 saturated heterocycles. The zero-order chi connectivity index (χ0) is 21.7. The lowest BCUT2D eigenvalue weighted by Crippen LogP contribution is -2.30. The third-order valence-corrected chi connectivity index (χ3v) is 4.31. The summed E-state index contributed by atoms with van der Waals surface area (Å²) in [4.78, 5) is 28.2. The highest BCUT2D eigenvalue weighted by Crippen LogP contribution is 2.31. The molecule has 0 bridgehead atoms. The molecule has 0 fully saturated rings. The van der Waals surface area contributed by atoms with E-state index >= 15 is 0 Å². The Morgan fingerprint density at radius 1 is 1.07 bits per heavy atom. The maximum Gasteiger partial charge on any atom is 0.267 e. The van der Waals surface area contributed by atoms with Crippen LogP contribution in [0, 0.1) is 0 Å². The first kappa shape index (κ1) is 20.8. The largest absolute Gasteiger partial charge is 0.497 e. The molecule has 30 heavy (non-hydrogen) atoms. The Morgan fingerprint density at radius 2 is 1.87 bits per heavy atom. The number of carbonyl (C=O) groups is 2. The second kappa shape index (κ2) is 9.08. The highest BCUT2D eigenvalue weighted by molar-refractivity contribution is 5.94. The van der Waals surface area contributed by atoms with Crippen LogP contribution in [0.15, 0.2) is 42.5 Å². The number of H-pyrrole nitrogens is 1. The standard InChI is InChI=1S/C21H22N4O5/c1-12(26)14-6-5-7-16(10-14)30-13(2)20(27)23-21-22-19(24-25-21)17-9-8-15(28-3)11-18(17)29-4/h5-11,13H,1-4H3,(H2,22,23,24,25,27). The molecule has 0 saturated carbocycles. The predicted octanol–water partition coefficient (Wildman–Crippen LogP) is 3.10. The molecule has 0 aliphatic heterocycles. The minimum atomic E-state index is -0.829. The predicted molar refractivity (Wildman–Crippen MR) is 110 cm³/mol. The van der Waals surface area contributed by atoms with Crippen LogP contribution in [0.1, 0.15) is 24.2 Å². The average molecular weight is 410 g/mol. The maximum absolute atomic E-state index is 12.4. The van der Waals surface area contributed by atoms with Crippen molar-refractivity contribution in [3.63, 3.8) is 0 Å². The lowest BCUT2D eigenvalue weighted by atomic mass is 10.1. The zero-order valence-corrected chi connectivity index (χ0v) is 17.1. The van der Waals surface area contributed by atoms with Gasteiger partial charge in [-0.15, -0.1) is 5.10 Å². The van der Waals surface area contributed by atoms with Crippen molar-refractivity contribution in [2.45, 2.75) is 20.0 Å². The van der Waals surface area contributed by atoms with Gasteiger partial charge < -0.3 is 14.2 Å². The first-order chi connectivity index (χ1) is 14.4. The minimum Gasteiger partial charge on any atom is -0.497 e. The summed E-state index contributed by atoms with van der Waals surface area (Å²) >= 11 is 0. The van der Waals surface area contributed by atoms with Crippen molar-refractivity contribution >= 4 is 17.6 Å². The molecule has 9 heteroatoms. The fourth-order valence-corrected chi connectivity index (χ4v) is 2.69. The summed E-state index contributed by atoms with van der Waals surface area (Å²) in [6, 6.07) is 11.9. The highest BCUT2D eigenvalue weighted by Gasteiger charge is 2.19. The van der Waals surface area contributed by atoms with Gasteiger partial charge in [0.15, 0.2) is 17.7 Å². The van der Waals surface area contributed by atoms with E-state index in [1.807, 2.05) is 0 Å². The first-order valence-corrected chi connectivity index (χ1v) is 9.14. The van der Waals surface area contributed by atoms with Gasteiger partial charge in [0.2, 0.25) is 5.95 Å². The van der Waals surface area contributed by atoms with Crippen LogP contribution in [0.3, 0.4) is 0 Å². The lowest BCUT2D eigenvalue weighted by Gasteiger charge is -2.13. The summed E-state index contributed by atoms with van der Waals surface area (Å²) in [5, 5.41) is 9.40. The van der Waals surface area contributed by atoms with Gasteiger partial charge >= 0.3 is 0 Å². The Kier molecular flexibility index (Phi) is 6.31. The quantitative estimate of drug-likeness (QED) is 0.548. The van der Waals surface area contributed by atoms with Gasteiger partial charge in [-0.05, 0) is 38.1 Å². The molecular weight excluding hydrogens is 388 g/mol. The monoisotopic (exact) mass is 410 g/mol. The Morgan fingerprint density at radius 3 is 2.57 bits per heavy atom. The van der Waals surface area contributed by atoms with Crippen LogP contribution in [-0.2, 0) is 4.79 Å². The number of ether oxygens (including phenoxy) is 3. The van der Waals surface area contributed by atoms with Crippen molar-refractivity contribution in [2.75, 3.05) is 19.5 Å². The minimum absolute atomic E-state index is 0.0835. The van der Waals surface area contributed by atoms with Gasteiger partial charge in [-0.3, -0.25) is 20.0 Å². The number of anilines is 1. The Labute approximate surface area is 173 Å². The van der Waals surface area contributed by atoms with E-state index in [2.05, 4.69) is 20.5 Å². The van der Waals surface area contributed by atoms with Crippen LogP contribution < -0.4 is 19.5 Å². The van der Waals surface area contributed by atoms with E-state index in [1.165, 1.54) is 14.0 Å². The summed E-state index contributed by atoms with van der Waals surface area (Å²) in [7, 11) is 3.10. The topological polar surface area (TPSA) is 115 Å². The van der Waals surface area contributed by atoms with Crippen molar-refractivity contribution in [3.8, 4) is 28.6 Å². The van der Waals surface area contributed by atoms with Gasteiger partial charge in [-0.25, -0.2) is 0 Å². The lowest BCUT2D eigenvalue weighted by molar-refractivity contribution is -0.122. The van der Waals surface area contributed by atoms with E-state index in [9.17, 15) is 9.59 Å². The smallest absolute Gasteiger partial charge is 0.267 e. The van der Waals surface area contributed by atoms with Crippen LogP contribution in [0.2, 0.25) is 0 Å². The van der Waals surface area contributed by atoms with E-state index in [4.69, 9.17) is 14.2 Å². The zero-order valence-electron chi connectivity index (χ0n) is 17.1. The Hall–Kier alpha value is -3.88. The first-order valence-electron chi connectivity index (χ1n) is 9.14. The number of aromatic nitrogens is 3. The van der Waals surface area contributed by atoms with E-state index in [0.717, 1.165) is 0 Å². The van der Waals surface area contributed by atoms with Gasteiger partial charge in [0.05, 0.1) is 19.8 Å². The average Bonchev–Trinajstić information content (AvgIpc) is 3.21. The number of rotatable bonds is 8. The highest BCUT2D eigenvalue weighted by atomic mass is 16.5. The Bertz CT molecular complexity index is 1060. The third-order valence-electron chi connectivity index (χ3n) is 4.31. The number of hydrogen-bond donors (Lipinski definition) is 2. The SMILES string of the molecule is COc1ccc(-c2nc(NC(=O)C(C)Oc3cccc(C(C)=O)c3)n[nH]2)c(OC)c1. The van der Waals surface area contributed by atoms with Crippen LogP contribution in [-0.4, -0.2) is 47.2 Å². The molecule has 0 aliphatic carbocycles. The molecule has 1 aromatic heterocycles. The fraction of sp³-hybridized carbons (Fsp3) is 0.238. The van der Waals surface area contributed by atoms with Crippen molar-refractivity contribution in [1.29, 1.82) is 0 Å². The molecule has 0 aliphatic rings. The molecular formula is C21H22N4O5. The molecule has 1 unspecified atom stereocenters. The second-order valence-electron chi connectivity index (χ2n) is 6.41. The molecule has 0 radical (unpaired) electrons. The number of aromatic amines is 1. The second-order valence-corrected chi connectivity index (χ2v) is 6.41. The fourth-order valence-electron chi connectivity index (χ4n) is 2.69. The number of hydrogen-bond acceptors (Lipinski definition) is 7. The van der Waals surface area contributed by atoms with Gasteiger partial charge in [0, 0.05) is 11.6 Å². The number of Topliss-reactive ketones (excluding diaryl/α,β-unsaturated/α-hetero) is 1. The normalized spacial score (nSPS) is 11.5. The van der Waals surface area contributed by atoms with Gasteiger partial charge in [0.1, 0.15) is 17.2 Å². The summed E-state index contributed by atoms with van der Waals surface area (Å²) < 4.78 is 16.2. The molecule has 156 valence electrons. The van der Waals surface area contributed by atoms with Gasteiger partial charge in [0.25, 0.3) is 5.91 Å². The van der Waals surface area contributed by atoms with Crippen LogP contribution in [0.5, 0.6) is 17.2 Å². The molecule has 3 aromatic rings. The van der Waals surface area contributed by atoms with E-state index in [-0.39, 0.29) is 11.7 Å². The number of methoxy groups -OCH3 is 2. The molecule has 9 nitrogen and oxygen atoms in total. The summed E-state index contributed by atoms with van der Waals surface area (Å²) in [6.45, 7) is 3.06. The van der Waals surface area contributed by atoms with E-state index in [1.54, 1.807) is 56.5 Å². The summed E-state index contributed by atoms with van der Waals surface area (Å²) in [5.74, 6) is 1.61. The molecule has 1 amide bonds. The van der Waals surface area contributed by atoms with Crippen LogP contribution >= 0.6 is 0 Å². The van der Waals surface area contributed by atoms with Crippen molar-refractivity contribution in [3.05, 3.63) is 48.0 Å². The van der Waals surface area contributed by atoms with E-state index < -0.39 is 12.0 Å². The third kappa shape index (κ3) is 4.75. The number of carbonyl (C=O) groups excluding carboxylic acids is 2. The van der Waals surface area contributed by atoms with Crippen LogP contribution in [0.25, 0.3) is 11.4 Å². The molecule has 1 heterocycles. The molecule has 2 N–H and O–H groups in total. The van der Waals surface area contributed by atoms with Crippen LogP contribution in [0.4, 0.5) is 5.95 Å². The number of benzene rings is 2. The van der Waals surface area contributed by atoms with E-state index in [0.29, 0.717) is 34.2 Å². The summed E-state index contributed by atoms with van der Waals surface area (Å²) in [6.07, 6.45) is -0.829. The van der Waals surface area contributed by atoms with Gasteiger partial charge in [-0.1, -0.05) is 12.1 Å². The van der Waals surface area contributed by atoms with Crippen molar-refractivity contribution in [1.82, 2.24) is 15.2 Å². The van der Waals surface area contributed by atoms with Crippen molar-refractivity contribution < 1.29 is 23.8 Å². The number of ketones is 1.